The van der Waals surface area contributed by atoms with Gasteiger partial charge >= 0.3 is 12.1 Å². The summed E-state index contributed by atoms with van der Waals surface area (Å²) in [7, 11) is 0. The second-order valence-corrected chi connectivity index (χ2v) is 6.35. The molecule has 0 bridgehead atoms. The number of alkyl halides is 3. The number of hydrogen-bond donors (Lipinski definition) is 1. The number of nitrogens with zero attached hydrogens (tertiary/aromatic N) is 2. The Hall–Kier alpha value is -2.90. The van der Waals surface area contributed by atoms with E-state index in [0.717, 1.165) is 16.2 Å². The number of aromatic nitrogens is 1. The maximum Gasteiger partial charge on any atom is 0.471 e. The molecule has 0 unspecified atom stereocenters. The van der Waals surface area contributed by atoms with Crippen LogP contribution in [-0.4, -0.2) is 41.0 Å². The van der Waals surface area contributed by atoms with Crippen molar-refractivity contribution in [3.63, 3.8) is 0 Å². The Balaban J connectivity index is 1.55. The number of carbonyl (C=O) groups is 2. The maximum absolute atomic E-state index is 12.5. The first-order valence-corrected chi connectivity index (χ1v) is 8.53. The lowest BCUT2D eigenvalue weighted by molar-refractivity contribution is -0.186. The number of benzene rings is 1. The van der Waals surface area contributed by atoms with Gasteiger partial charge in [0.05, 0.1) is 17.6 Å². The topological polar surface area (TPSA) is 62.3 Å². The number of rotatable bonds is 3. The van der Waals surface area contributed by atoms with Gasteiger partial charge in [-0.25, -0.2) is 0 Å². The van der Waals surface area contributed by atoms with E-state index in [1.807, 2.05) is 30.3 Å². The fourth-order valence-electron chi connectivity index (χ4n) is 3.02. The zero-order chi connectivity index (χ0) is 19.4. The maximum atomic E-state index is 12.5. The smallest absolute Gasteiger partial charge is 0.335 e. The van der Waals surface area contributed by atoms with Gasteiger partial charge in [0.25, 0.3) is 0 Å². The highest BCUT2D eigenvalue weighted by atomic mass is 19.4. The van der Waals surface area contributed by atoms with Gasteiger partial charge in [0.1, 0.15) is 0 Å². The minimum atomic E-state index is -4.87. The fraction of sp³-hybridized carbons (Fsp3) is 0.316. The van der Waals surface area contributed by atoms with Crippen molar-refractivity contribution in [1.29, 1.82) is 0 Å². The number of hydrogen-bond acceptors (Lipinski definition) is 3. The van der Waals surface area contributed by atoms with Crippen molar-refractivity contribution in [3.05, 3.63) is 48.7 Å². The summed E-state index contributed by atoms with van der Waals surface area (Å²) in [5, 5.41) is 2.74. The van der Waals surface area contributed by atoms with Crippen molar-refractivity contribution < 1.29 is 22.8 Å². The van der Waals surface area contributed by atoms with Gasteiger partial charge in [-0.15, -0.1) is 0 Å². The van der Waals surface area contributed by atoms with Crippen molar-refractivity contribution in [2.24, 2.45) is 5.92 Å². The van der Waals surface area contributed by atoms with Crippen molar-refractivity contribution in [2.45, 2.75) is 19.0 Å². The number of piperidine rings is 1. The Labute approximate surface area is 154 Å². The van der Waals surface area contributed by atoms with Crippen LogP contribution in [0.3, 0.4) is 0 Å². The Kier molecular flexibility index (Phi) is 5.43. The molecule has 1 aliphatic rings. The molecule has 8 heteroatoms. The molecule has 0 atom stereocenters. The van der Waals surface area contributed by atoms with Crippen LogP contribution in [0, 0.1) is 5.92 Å². The first kappa shape index (κ1) is 18.9. The van der Waals surface area contributed by atoms with Gasteiger partial charge in [-0.3, -0.25) is 14.6 Å². The zero-order valence-corrected chi connectivity index (χ0v) is 14.4. The Morgan fingerprint density at radius 2 is 1.70 bits per heavy atom. The van der Waals surface area contributed by atoms with Gasteiger partial charge < -0.3 is 10.2 Å². The van der Waals surface area contributed by atoms with Crippen molar-refractivity contribution in [2.75, 3.05) is 18.4 Å². The van der Waals surface area contributed by atoms with Crippen LogP contribution in [0.5, 0.6) is 0 Å². The van der Waals surface area contributed by atoms with Gasteiger partial charge in [0.2, 0.25) is 5.91 Å². The van der Waals surface area contributed by atoms with Crippen LogP contribution >= 0.6 is 0 Å². The number of nitrogens with one attached hydrogen (secondary N) is 1. The SMILES string of the molecule is O=C(Nc1ccc(-c2ccccc2)nc1)C1CCN(C(=O)C(F)(F)F)CC1. The first-order chi connectivity index (χ1) is 12.8. The summed E-state index contributed by atoms with van der Waals surface area (Å²) >= 11 is 0. The van der Waals surface area contributed by atoms with Crippen LogP contribution in [0.15, 0.2) is 48.7 Å². The third-order valence-electron chi connectivity index (χ3n) is 4.50. The van der Waals surface area contributed by atoms with Crippen LogP contribution in [0.2, 0.25) is 0 Å². The Morgan fingerprint density at radius 3 is 2.26 bits per heavy atom. The van der Waals surface area contributed by atoms with E-state index in [0.29, 0.717) is 5.69 Å². The predicted octanol–water partition coefficient (Wildman–Crippen LogP) is 3.49. The third kappa shape index (κ3) is 4.64. The number of carbonyl (C=O) groups excluding carboxylic acids is 2. The summed E-state index contributed by atoms with van der Waals surface area (Å²) in [6, 6.07) is 13.1. The van der Waals surface area contributed by atoms with Crippen molar-refractivity contribution in [3.8, 4) is 11.3 Å². The molecule has 0 spiro atoms. The summed E-state index contributed by atoms with van der Waals surface area (Å²) in [5.74, 6) is -2.55. The van der Waals surface area contributed by atoms with E-state index >= 15 is 0 Å². The van der Waals surface area contributed by atoms with Gasteiger partial charge in [-0.05, 0) is 25.0 Å². The molecule has 0 aliphatic carbocycles. The van der Waals surface area contributed by atoms with E-state index in [2.05, 4.69) is 10.3 Å². The third-order valence-corrected chi connectivity index (χ3v) is 4.50. The summed E-state index contributed by atoms with van der Waals surface area (Å²) in [5.41, 5.74) is 2.25. The van der Waals surface area contributed by atoms with Crippen LogP contribution in [0.25, 0.3) is 11.3 Å². The summed E-state index contributed by atoms with van der Waals surface area (Å²) in [6.45, 7) is -0.163. The molecule has 0 radical (unpaired) electrons. The highest BCUT2D eigenvalue weighted by Crippen LogP contribution is 2.25. The Morgan fingerprint density at radius 1 is 1.04 bits per heavy atom. The predicted molar refractivity (Wildman–Crippen MR) is 93.7 cm³/mol. The summed E-state index contributed by atoms with van der Waals surface area (Å²) in [4.78, 5) is 28.6. The molecule has 2 heterocycles. The minimum Gasteiger partial charge on any atom is -0.335 e. The average molecular weight is 377 g/mol. The number of anilines is 1. The number of pyridine rings is 1. The lowest BCUT2D eigenvalue weighted by Crippen LogP contribution is -2.46. The van der Waals surface area contributed by atoms with Gasteiger partial charge in [0.15, 0.2) is 0 Å². The standard InChI is InChI=1S/C19H18F3N3O2/c20-19(21,22)18(27)25-10-8-14(9-11-25)17(26)24-15-6-7-16(23-12-15)13-4-2-1-3-5-13/h1-7,12,14H,8-11H2,(H,24,26). The minimum absolute atomic E-state index is 0.0817. The molecule has 1 aromatic heterocycles. The van der Waals surface area contributed by atoms with Gasteiger partial charge in [-0.2, -0.15) is 13.2 Å². The molecule has 1 fully saturated rings. The average Bonchev–Trinajstić information content (AvgIpc) is 2.68. The number of halogens is 3. The summed E-state index contributed by atoms with van der Waals surface area (Å²) in [6.07, 6.45) is -2.93. The molecule has 1 N–H and O–H groups in total. The van der Waals surface area contributed by atoms with Crippen molar-refractivity contribution >= 4 is 17.5 Å². The molecule has 2 aromatic rings. The lowest BCUT2D eigenvalue weighted by Gasteiger charge is -2.31. The first-order valence-electron chi connectivity index (χ1n) is 8.53. The largest absolute Gasteiger partial charge is 0.471 e. The van der Waals surface area contributed by atoms with Crippen LogP contribution in [0.4, 0.5) is 18.9 Å². The van der Waals surface area contributed by atoms with Crippen LogP contribution in [0.1, 0.15) is 12.8 Å². The molecular weight excluding hydrogens is 359 g/mol. The lowest BCUT2D eigenvalue weighted by atomic mass is 9.95. The monoisotopic (exact) mass is 377 g/mol. The van der Waals surface area contributed by atoms with E-state index in [9.17, 15) is 22.8 Å². The molecule has 5 nitrogen and oxygen atoms in total. The summed E-state index contributed by atoms with van der Waals surface area (Å²) < 4.78 is 37.4. The van der Waals surface area contributed by atoms with E-state index < -0.39 is 18.0 Å². The zero-order valence-electron chi connectivity index (χ0n) is 14.4. The molecule has 27 heavy (non-hydrogen) atoms. The molecule has 0 saturated carbocycles. The quantitative estimate of drug-likeness (QED) is 0.891. The fourth-order valence-corrected chi connectivity index (χ4v) is 3.02. The van der Waals surface area contributed by atoms with Crippen molar-refractivity contribution in [1.82, 2.24) is 9.88 Å². The van der Waals surface area contributed by atoms with Crippen LogP contribution < -0.4 is 5.32 Å². The van der Waals surface area contributed by atoms with Gasteiger partial charge in [-0.1, -0.05) is 30.3 Å². The van der Waals surface area contributed by atoms with E-state index in [-0.39, 0.29) is 31.8 Å². The molecular formula is C19H18F3N3O2. The molecule has 1 aromatic carbocycles. The molecule has 2 amide bonds. The highest BCUT2D eigenvalue weighted by molar-refractivity contribution is 5.92. The molecule has 3 rings (SSSR count). The van der Waals surface area contributed by atoms with Crippen LogP contribution in [-0.2, 0) is 9.59 Å². The Bertz CT molecular complexity index is 799. The molecule has 1 saturated heterocycles. The van der Waals surface area contributed by atoms with E-state index in [4.69, 9.17) is 0 Å². The number of amides is 2. The van der Waals surface area contributed by atoms with E-state index in [1.165, 1.54) is 0 Å². The van der Waals surface area contributed by atoms with Gasteiger partial charge in [0, 0.05) is 24.6 Å². The molecule has 142 valence electrons. The normalized spacial score (nSPS) is 15.4. The second-order valence-electron chi connectivity index (χ2n) is 6.35. The van der Waals surface area contributed by atoms with E-state index in [1.54, 1.807) is 18.3 Å². The number of likely N-dealkylation sites (tertiary alicyclic amines) is 1. The molecule has 1 aliphatic heterocycles. The highest BCUT2D eigenvalue weighted by Gasteiger charge is 2.43. The second kappa shape index (κ2) is 7.77.